The zero-order valence-corrected chi connectivity index (χ0v) is 11.5. The van der Waals surface area contributed by atoms with Gasteiger partial charge >= 0.3 is 0 Å². The van der Waals surface area contributed by atoms with Gasteiger partial charge in [0.2, 0.25) is 0 Å². The summed E-state index contributed by atoms with van der Waals surface area (Å²) in [5.41, 5.74) is 3.77. The Morgan fingerprint density at radius 3 is 2.30 bits per heavy atom. The van der Waals surface area contributed by atoms with E-state index in [2.05, 4.69) is 4.98 Å². The Bertz CT molecular complexity index is 689. The van der Waals surface area contributed by atoms with Gasteiger partial charge in [0.25, 0.3) is 0 Å². The highest BCUT2D eigenvalue weighted by Gasteiger charge is 2.16. The fraction of sp³-hybridized carbons (Fsp3) is 0.0588. The predicted molar refractivity (Wildman–Crippen MR) is 81.7 cm³/mol. The third kappa shape index (κ3) is 2.48. The number of benzene rings is 2. The van der Waals surface area contributed by atoms with Crippen molar-refractivity contribution >= 4 is 11.6 Å². The number of nitrogens with one attached hydrogen (secondary N) is 1. The lowest BCUT2D eigenvalue weighted by Gasteiger charge is -2.12. The lowest BCUT2D eigenvalue weighted by atomic mass is 9.97. The molecule has 3 heteroatoms. The number of aromatic amines is 1. The molecule has 0 amide bonds. The van der Waals surface area contributed by atoms with Gasteiger partial charge in [-0.2, -0.15) is 0 Å². The molecule has 0 spiro atoms. The number of aliphatic hydroxyl groups is 1. The van der Waals surface area contributed by atoms with Gasteiger partial charge < -0.3 is 10.1 Å². The highest BCUT2D eigenvalue weighted by Crippen LogP contribution is 2.31. The first-order valence-electron chi connectivity index (χ1n) is 6.41. The second-order valence-electron chi connectivity index (χ2n) is 4.64. The van der Waals surface area contributed by atoms with Crippen molar-refractivity contribution in [3.05, 3.63) is 83.1 Å². The molecule has 0 aliphatic rings. The van der Waals surface area contributed by atoms with E-state index in [1.165, 1.54) is 0 Å². The number of hydrogen-bond acceptors (Lipinski definition) is 1. The highest BCUT2D eigenvalue weighted by molar-refractivity contribution is 6.30. The normalized spacial score (nSPS) is 12.3. The molecule has 0 saturated heterocycles. The van der Waals surface area contributed by atoms with E-state index in [4.69, 9.17) is 11.6 Å². The van der Waals surface area contributed by atoms with Crippen LogP contribution in [0.5, 0.6) is 0 Å². The SMILES string of the molecule is O[C@@H](c1ccc(Cl)cc1)c1c[nH]cc1-c1ccccc1. The molecule has 1 aromatic heterocycles. The molecule has 3 rings (SSSR count). The van der Waals surface area contributed by atoms with Crippen molar-refractivity contribution in [1.82, 2.24) is 4.98 Å². The number of rotatable bonds is 3. The summed E-state index contributed by atoms with van der Waals surface area (Å²) < 4.78 is 0. The van der Waals surface area contributed by atoms with Gasteiger partial charge in [0.15, 0.2) is 0 Å². The molecular formula is C17H14ClNO. The maximum Gasteiger partial charge on any atom is 0.106 e. The van der Waals surface area contributed by atoms with Gasteiger partial charge in [0.05, 0.1) is 0 Å². The van der Waals surface area contributed by atoms with Gasteiger partial charge in [0, 0.05) is 28.5 Å². The maximum absolute atomic E-state index is 10.6. The predicted octanol–water partition coefficient (Wildman–Crippen LogP) is 4.42. The van der Waals surface area contributed by atoms with E-state index in [0.29, 0.717) is 5.02 Å². The van der Waals surface area contributed by atoms with Crippen molar-refractivity contribution in [3.63, 3.8) is 0 Å². The van der Waals surface area contributed by atoms with Crippen LogP contribution in [0.3, 0.4) is 0 Å². The minimum Gasteiger partial charge on any atom is -0.384 e. The molecule has 2 nitrogen and oxygen atoms in total. The third-order valence-corrected chi connectivity index (χ3v) is 3.59. The van der Waals surface area contributed by atoms with Gasteiger partial charge in [-0.3, -0.25) is 0 Å². The van der Waals surface area contributed by atoms with Crippen LogP contribution in [0, 0.1) is 0 Å². The number of aliphatic hydroxyl groups excluding tert-OH is 1. The van der Waals surface area contributed by atoms with Crippen LogP contribution in [0.15, 0.2) is 67.0 Å². The van der Waals surface area contributed by atoms with Crippen molar-refractivity contribution in [1.29, 1.82) is 0 Å². The minimum absolute atomic E-state index is 0.665. The molecule has 0 aliphatic carbocycles. The van der Waals surface area contributed by atoms with E-state index < -0.39 is 6.10 Å². The van der Waals surface area contributed by atoms with Crippen LogP contribution in [-0.4, -0.2) is 10.1 Å². The van der Waals surface area contributed by atoms with Crippen molar-refractivity contribution in [3.8, 4) is 11.1 Å². The zero-order valence-electron chi connectivity index (χ0n) is 10.8. The Kier molecular flexibility index (Phi) is 3.59. The largest absolute Gasteiger partial charge is 0.384 e. The zero-order chi connectivity index (χ0) is 13.9. The Labute approximate surface area is 122 Å². The average Bonchev–Trinajstić information content (AvgIpc) is 2.97. The molecule has 1 heterocycles. The molecule has 20 heavy (non-hydrogen) atoms. The van der Waals surface area contributed by atoms with Gasteiger partial charge in [0.1, 0.15) is 6.10 Å². The van der Waals surface area contributed by atoms with Crippen LogP contribution in [0.4, 0.5) is 0 Å². The first-order valence-corrected chi connectivity index (χ1v) is 6.79. The van der Waals surface area contributed by atoms with Crippen molar-refractivity contribution in [2.45, 2.75) is 6.10 Å². The first-order chi connectivity index (χ1) is 9.75. The fourth-order valence-corrected chi connectivity index (χ4v) is 2.42. The Morgan fingerprint density at radius 1 is 0.900 bits per heavy atom. The smallest absolute Gasteiger partial charge is 0.106 e. The summed E-state index contributed by atoms with van der Waals surface area (Å²) in [4.78, 5) is 3.07. The van der Waals surface area contributed by atoms with E-state index in [0.717, 1.165) is 22.3 Å². The number of halogens is 1. The van der Waals surface area contributed by atoms with Gasteiger partial charge in [-0.15, -0.1) is 0 Å². The van der Waals surface area contributed by atoms with E-state index in [9.17, 15) is 5.11 Å². The molecule has 0 saturated carbocycles. The molecule has 0 radical (unpaired) electrons. The minimum atomic E-state index is -0.672. The second-order valence-corrected chi connectivity index (χ2v) is 5.08. The van der Waals surface area contributed by atoms with Crippen LogP contribution < -0.4 is 0 Å². The van der Waals surface area contributed by atoms with Crippen LogP contribution in [0.2, 0.25) is 5.02 Å². The summed E-state index contributed by atoms with van der Waals surface area (Å²) in [6.45, 7) is 0. The molecule has 3 aromatic rings. The van der Waals surface area contributed by atoms with Crippen LogP contribution in [-0.2, 0) is 0 Å². The van der Waals surface area contributed by atoms with E-state index in [1.54, 1.807) is 12.1 Å². The summed E-state index contributed by atoms with van der Waals surface area (Å²) in [6, 6.07) is 17.3. The standard InChI is InChI=1S/C17H14ClNO/c18-14-8-6-13(7-9-14)17(20)16-11-19-10-15(16)12-4-2-1-3-5-12/h1-11,17,19-20H/t17-/m0/s1. The van der Waals surface area contributed by atoms with Crippen molar-refractivity contribution < 1.29 is 5.11 Å². The molecule has 0 aliphatic heterocycles. The van der Waals surface area contributed by atoms with Crippen LogP contribution in [0.1, 0.15) is 17.2 Å². The third-order valence-electron chi connectivity index (χ3n) is 3.34. The van der Waals surface area contributed by atoms with E-state index in [1.807, 2.05) is 54.9 Å². The molecule has 0 bridgehead atoms. The molecular weight excluding hydrogens is 270 g/mol. The van der Waals surface area contributed by atoms with Gasteiger partial charge in [-0.05, 0) is 23.3 Å². The Hall–Kier alpha value is -2.03. The second kappa shape index (κ2) is 5.53. The average molecular weight is 284 g/mol. The summed E-state index contributed by atoms with van der Waals surface area (Å²) in [6.07, 6.45) is 3.07. The van der Waals surface area contributed by atoms with E-state index >= 15 is 0 Å². The fourth-order valence-electron chi connectivity index (χ4n) is 2.29. The van der Waals surface area contributed by atoms with Crippen LogP contribution in [0.25, 0.3) is 11.1 Å². The first kappa shape index (κ1) is 13.0. The van der Waals surface area contributed by atoms with Gasteiger partial charge in [-0.1, -0.05) is 54.1 Å². The molecule has 1 atom stereocenters. The van der Waals surface area contributed by atoms with Crippen molar-refractivity contribution in [2.75, 3.05) is 0 Å². The topological polar surface area (TPSA) is 36.0 Å². The number of aromatic nitrogens is 1. The highest BCUT2D eigenvalue weighted by atomic mass is 35.5. The maximum atomic E-state index is 10.6. The lowest BCUT2D eigenvalue weighted by Crippen LogP contribution is -1.99. The van der Waals surface area contributed by atoms with Crippen LogP contribution >= 0.6 is 11.6 Å². The molecule has 0 unspecified atom stereocenters. The lowest BCUT2D eigenvalue weighted by molar-refractivity contribution is 0.221. The molecule has 100 valence electrons. The monoisotopic (exact) mass is 283 g/mol. The molecule has 2 aromatic carbocycles. The van der Waals surface area contributed by atoms with E-state index in [-0.39, 0.29) is 0 Å². The number of hydrogen-bond donors (Lipinski definition) is 2. The summed E-state index contributed by atoms with van der Waals surface area (Å²) >= 11 is 5.88. The van der Waals surface area contributed by atoms with Crippen molar-refractivity contribution in [2.24, 2.45) is 0 Å². The Balaban J connectivity index is 1.99. The number of H-pyrrole nitrogens is 1. The summed E-state index contributed by atoms with van der Waals surface area (Å²) in [7, 11) is 0. The summed E-state index contributed by atoms with van der Waals surface area (Å²) in [5, 5.41) is 11.2. The molecule has 2 N–H and O–H groups in total. The Morgan fingerprint density at radius 2 is 1.60 bits per heavy atom. The molecule has 0 fully saturated rings. The van der Waals surface area contributed by atoms with Gasteiger partial charge in [-0.25, -0.2) is 0 Å². The summed E-state index contributed by atoms with van der Waals surface area (Å²) in [5.74, 6) is 0. The quantitative estimate of drug-likeness (QED) is 0.733.